The van der Waals surface area contributed by atoms with Gasteiger partial charge in [0.15, 0.2) is 0 Å². The Kier molecular flexibility index (Phi) is 3.51. The van der Waals surface area contributed by atoms with Crippen LogP contribution in [0.3, 0.4) is 0 Å². The van der Waals surface area contributed by atoms with E-state index in [9.17, 15) is 0 Å². The summed E-state index contributed by atoms with van der Waals surface area (Å²) in [6.45, 7) is 0.600. The number of anilines is 1. The first-order valence-electron chi connectivity index (χ1n) is 6.98. The highest BCUT2D eigenvalue weighted by Crippen LogP contribution is 2.40. The summed E-state index contributed by atoms with van der Waals surface area (Å²) in [5.41, 5.74) is 9.80. The molecule has 0 heterocycles. The number of rotatable bonds is 5. The standard InChI is InChI=1S/C17H20N2/c18-12-17(19-16-7-2-1-3-8-16)15-6-4-5-14(11-15)13-9-10-13/h1-8,11,13,17,19H,9-10,12,18H2. The zero-order chi connectivity index (χ0) is 13.1. The number of hydrogen-bond donors (Lipinski definition) is 2. The summed E-state index contributed by atoms with van der Waals surface area (Å²) in [5.74, 6) is 0.787. The highest BCUT2D eigenvalue weighted by molar-refractivity contribution is 5.46. The van der Waals surface area contributed by atoms with E-state index in [2.05, 4.69) is 41.7 Å². The molecular weight excluding hydrogens is 232 g/mol. The number of benzene rings is 2. The van der Waals surface area contributed by atoms with Crippen LogP contribution in [0.25, 0.3) is 0 Å². The first-order chi connectivity index (χ1) is 9.36. The van der Waals surface area contributed by atoms with E-state index in [4.69, 9.17) is 5.73 Å². The maximum atomic E-state index is 5.93. The van der Waals surface area contributed by atoms with Crippen LogP contribution in [0, 0.1) is 0 Å². The summed E-state index contributed by atoms with van der Waals surface area (Å²) < 4.78 is 0. The maximum Gasteiger partial charge on any atom is 0.0636 e. The van der Waals surface area contributed by atoms with Gasteiger partial charge in [-0.25, -0.2) is 0 Å². The molecule has 0 spiro atoms. The van der Waals surface area contributed by atoms with Crippen LogP contribution in [0.15, 0.2) is 54.6 Å². The molecule has 2 aromatic carbocycles. The van der Waals surface area contributed by atoms with E-state index in [0.717, 1.165) is 11.6 Å². The quantitative estimate of drug-likeness (QED) is 0.852. The van der Waals surface area contributed by atoms with Crippen molar-refractivity contribution in [2.24, 2.45) is 5.73 Å². The molecule has 3 N–H and O–H groups in total. The molecule has 1 atom stereocenters. The molecule has 1 unspecified atom stereocenters. The van der Waals surface area contributed by atoms with Crippen molar-refractivity contribution in [3.8, 4) is 0 Å². The Morgan fingerprint density at radius 3 is 2.53 bits per heavy atom. The summed E-state index contributed by atoms with van der Waals surface area (Å²) >= 11 is 0. The first kappa shape index (κ1) is 12.2. The van der Waals surface area contributed by atoms with Gasteiger partial charge in [-0.2, -0.15) is 0 Å². The van der Waals surface area contributed by atoms with Gasteiger partial charge in [0.25, 0.3) is 0 Å². The minimum absolute atomic E-state index is 0.182. The van der Waals surface area contributed by atoms with E-state index in [-0.39, 0.29) is 6.04 Å². The van der Waals surface area contributed by atoms with E-state index in [1.807, 2.05) is 18.2 Å². The van der Waals surface area contributed by atoms with E-state index >= 15 is 0 Å². The third-order valence-corrected chi connectivity index (χ3v) is 3.71. The third-order valence-electron chi connectivity index (χ3n) is 3.71. The lowest BCUT2D eigenvalue weighted by molar-refractivity contribution is 0.788. The fourth-order valence-electron chi connectivity index (χ4n) is 2.46. The van der Waals surface area contributed by atoms with Gasteiger partial charge in [-0.3, -0.25) is 0 Å². The second-order valence-corrected chi connectivity index (χ2v) is 5.24. The second-order valence-electron chi connectivity index (χ2n) is 5.24. The zero-order valence-electron chi connectivity index (χ0n) is 11.0. The molecule has 0 radical (unpaired) electrons. The molecule has 2 nitrogen and oxygen atoms in total. The minimum atomic E-state index is 0.182. The summed E-state index contributed by atoms with van der Waals surface area (Å²) in [6.07, 6.45) is 2.67. The van der Waals surface area contributed by atoms with Crippen LogP contribution in [-0.2, 0) is 0 Å². The second kappa shape index (κ2) is 5.45. The van der Waals surface area contributed by atoms with Gasteiger partial charge in [0, 0.05) is 12.2 Å². The van der Waals surface area contributed by atoms with Crippen molar-refractivity contribution in [3.63, 3.8) is 0 Å². The highest BCUT2D eigenvalue weighted by atomic mass is 14.9. The summed E-state index contributed by atoms with van der Waals surface area (Å²) in [6, 6.07) is 19.3. The Morgan fingerprint density at radius 2 is 1.84 bits per heavy atom. The monoisotopic (exact) mass is 252 g/mol. The number of nitrogens with one attached hydrogen (secondary N) is 1. The Morgan fingerprint density at radius 1 is 1.05 bits per heavy atom. The van der Waals surface area contributed by atoms with Gasteiger partial charge >= 0.3 is 0 Å². The Labute approximate surface area is 114 Å². The topological polar surface area (TPSA) is 38.0 Å². The van der Waals surface area contributed by atoms with Gasteiger partial charge in [0.2, 0.25) is 0 Å². The average Bonchev–Trinajstić information content (AvgIpc) is 3.31. The average molecular weight is 252 g/mol. The van der Waals surface area contributed by atoms with Crippen LogP contribution in [0.1, 0.15) is 35.9 Å². The Balaban J connectivity index is 1.79. The molecule has 2 heteroatoms. The molecule has 0 aromatic heterocycles. The molecule has 3 rings (SSSR count). The normalized spacial score (nSPS) is 16.1. The van der Waals surface area contributed by atoms with Crippen molar-refractivity contribution < 1.29 is 0 Å². The van der Waals surface area contributed by atoms with Crippen LogP contribution in [0.2, 0.25) is 0 Å². The van der Waals surface area contributed by atoms with Gasteiger partial charge in [-0.1, -0.05) is 42.5 Å². The minimum Gasteiger partial charge on any atom is -0.377 e. The predicted octanol–water partition coefficient (Wildman–Crippen LogP) is 3.68. The lowest BCUT2D eigenvalue weighted by Gasteiger charge is -2.19. The molecule has 1 aliphatic carbocycles. The molecule has 1 fully saturated rings. The first-order valence-corrected chi connectivity index (χ1v) is 6.98. The van der Waals surface area contributed by atoms with Crippen molar-refractivity contribution in [1.29, 1.82) is 0 Å². The van der Waals surface area contributed by atoms with Gasteiger partial charge < -0.3 is 11.1 Å². The van der Waals surface area contributed by atoms with Crippen molar-refractivity contribution in [1.82, 2.24) is 0 Å². The van der Waals surface area contributed by atoms with E-state index in [0.29, 0.717) is 6.54 Å². The molecule has 98 valence electrons. The van der Waals surface area contributed by atoms with E-state index < -0.39 is 0 Å². The zero-order valence-corrected chi connectivity index (χ0v) is 11.0. The smallest absolute Gasteiger partial charge is 0.0636 e. The molecule has 0 amide bonds. The molecule has 1 aliphatic rings. The van der Waals surface area contributed by atoms with Crippen LogP contribution in [0.5, 0.6) is 0 Å². The van der Waals surface area contributed by atoms with Gasteiger partial charge in [0.05, 0.1) is 6.04 Å². The summed E-state index contributed by atoms with van der Waals surface area (Å²) in [4.78, 5) is 0. The van der Waals surface area contributed by atoms with Gasteiger partial charge in [-0.15, -0.1) is 0 Å². The molecule has 0 aliphatic heterocycles. The molecule has 1 saturated carbocycles. The SMILES string of the molecule is NCC(Nc1ccccc1)c1cccc(C2CC2)c1. The molecule has 19 heavy (non-hydrogen) atoms. The lowest BCUT2D eigenvalue weighted by Crippen LogP contribution is -2.20. The van der Waals surface area contributed by atoms with Crippen LogP contribution < -0.4 is 11.1 Å². The summed E-state index contributed by atoms with van der Waals surface area (Å²) in [5, 5.41) is 3.51. The third kappa shape index (κ3) is 2.96. The highest BCUT2D eigenvalue weighted by Gasteiger charge is 2.24. The van der Waals surface area contributed by atoms with Crippen molar-refractivity contribution >= 4 is 5.69 Å². The Bertz CT molecular complexity index is 532. The fraction of sp³-hybridized carbons (Fsp3) is 0.294. The number of nitrogens with two attached hydrogens (primary N) is 1. The van der Waals surface area contributed by atoms with Crippen molar-refractivity contribution in [2.75, 3.05) is 11.9 Å². The molecular formula is C17H20N2. The van der Waals surface area contributed by atoms with Crippen LogP contribution in [0.4, 0.5) is 5.69 Å². The number of hydrogen-bond acceptors (Lipinski definition) is 2. The Hall–Kier alpha value is -1.80. The lowest BCUT2D eigenvalue weighted by atomic mass is 10.0. The van der Waals surface area contributed by atoms with E-state index in [1.54, 1.807) is 0 Å². The largest absolute Gasteiger partial charge is 0.377 e. The fourth-order valence-corrected chi connectivity index (χ4v) is 2.46. The summed E-state index contributed by atoms with van der Waals surface area (Å²) in [7, 11) is 0. The van der Waals surface area contributed by atoms with Gasteiger partial charge in [-0.05, 0) is 42.0 Å². The molecule has 2 aromatic rings. The molecule has 0 bridgehead atoms. The maximum absolute atomic E-state index is 5.93. The van der Waals surface area contributed by atoms with E-state index in [1.165, 1.54) is 24.0 Å². The van der Waals surface area contributed by atoms with Crippen LogP contribution >= 0.6 is 0 Å². The van der Waals surface area contributed by atoms with Crippen LogP contribution in [-0.4, -0.2) is 6.54 Å². The predicted molar refractivity (Wildman–Crippen MR) is 80.3 cm³/mol. The number of para-hydroxylation sites is 1. The van der Waals surface area contributed by atoms with Crippen molar-refractivity contribution in [3.05, 3.63) is 65.7 Å². The van der Waals surface area contributed by atoms with Gasteiger partial charge in [0.1, 0.15) is 0 Å². The van der Waals surface area contributed by atoms with Crippen molar-refractivity contribution in [2.45, 2.75) is 24.8 Å². The molecule has 0 saturated heterocycles.